The second-order valence-electron chi connectivity index (χ2n) is 5.48. The molecule has 2 rings (SSSR count). The molecule has 0 radical (unpaired) electrons. The van der Waals surface area contributed by atoms with E-state index in [4.69, 9.17) is 9.47 Å². The predicted octanol–water partition coefficient (Wildman–Crippen LogP) is 4.11. The van der Waals surface area contributed by atoms with Gasteiger partial charge in [0.05, 0.1) is 6.61 Å². The molecule has 2 aromatic carbocycles. The molecule has 0 spiro atoms. The van der Waals surface area contributed by atoms with Gasteiger partial charge in [-0.15, -0.1) is 0 Å². The Morgan fingerprint density at radius 3 is 2.48 bits per heavy atom. The Labute approximate surface area is 137 Å². The fourth-order valence-electron chi connectivity index (χ4n) is 2.06. The van der Waals surface area contributed by atoms with Crippen LogP contribution in [0.1, 0.15) is 24.5 Å². The lowest BCUT2D eigenvalue weighted by Gasteiger charge is -2.11. The number of ether oxygens (including phenoxy) is 2. The summed E-state index contributed by atoms with van der Waals surface area (Å²) < 4.78 is 11.1. The second kappa shape index (κ2) is 8.22. The zero-order valence-electron chi connectivity index (χ0n) is 13.9. The molecule has 2 aromatic rings. The minimum atomic E-state index is -0.187. The van der Waals surface area contributed by atoms with Crippen molar-refractivity contribution < 1.29 is 14.3 Å². The number of rotatable bonds is 7. The van der Waals surface area contributed by atoms with Crippen LogP contribution in [0, 0.1) is 13.8 Å². The van der Waals surface area contributed by atoms with Crippen LogP contribution in [0.3, 0.4) is 0 Å². The van der Waals surface area contributed by atoms with Crippen LogP contribution >= 0.6 is 0 Å². The van der Waals surface area contributed by atoms with Gasteiger partial charge < -0.3 is 14.8 Å². The number of hydrogen-bond acceptors (Lipinski definition) is 3. The molecular formula is C19H23NO3. The zero-order valence-corrected chi connectivity index (χ0v) is 13.9. The van der Waals surface area contributed by atoms with Crippen LogP contribution in [0.4, 0.5) is 5.69 Å². The Balaban J connectivity index is 1.85. The Hall–Kier alpha value is -2.49. The van der Waals surface area contributed by atoms with Crippen molar-refractivity contribution in [1.82, 2.24) is 0 Å². The number of hydrogen-bond donors (Lipinski definition) is 1. The van der Waals surface area contributed by atoms with Crippen LogP contribution in [0.15, 0.2) is 42.5 Å². The van der Waals surface area contributed by atoms with Crippen LogP contribution in [-0.4, -0.2) is 19.1 Å². The maximum absolute atomic E-state index is 12.0. The number of benzene rings is 2. The van der Waals surface area contributed by atoms with Crippen LogP contribution in [0.2, 0.25) is 0 Å². The topological polar surface area (TPSA) is 47.6 Å². The highest BCUT2D eigenvalue weighted by atomic mass is 16.5. The van der Waals surface area contributed by atoms with E-state index < -0.39 is 0 Å². The molecule has 0 aliphatic carbocycles. The Bertz CT molecular complexity index is 650. The first-order chi connectivity index (χ1) is 11.1. The summed E-state index contributed by atoms with van der Waals surface area (Å²) in [5.74, 6) is 1.35. The summed E-state index contributed by atoms with van der Waals surface area (Å²) in [5, 5.41) is 2.81. The molecule has 0 unspecified atom stereocenters. The first-order valence-corrected chi connectivity index (χ1v) is 7.81. The molecule has 0 aromatic heterocycles. The van der Waals surface area contributed by atoms with Crippen molar-refractivity contribution in [3.63, 3.8) is 0 Å². The second-order valence-corrected chi connectivity index (χ2v) is 5.48. The van der Waals surface area contributed by atoms with Crippen molar-refractivity contribution in [2.24, 2.45) is 0 Å². The minimum Gasteiger partial charge on any atom is -0.494 e. The fourth-order valence-corrected chi connectivity index (χ4v) is 2.06. The van der Waals surface area contributed by atoms with Crippen molar-refractivity contribution >= 4 is 11.6 Å². The summed E-state index contributed by atoms with van der Waals surface area (Å²) in [7, 11) is 0. The average molecular weight is 313 g/mol. The molecule has 4 heteroatoms. The highest BCUT2D eigenvalue weighted by molar-refractivity contribution is 5.91. The third kappa shape index (κ3) is 5.33. The van der Waals surface area contributed by atoms with Gasteiger partial charge in [-0.25, -0.2) is 0 Å². The van der Waals surface area contributed by atoms with Crippen molar-refractivity contribution in [1.29, 1.82) is 0 Å². The molecule has 0 aliphatic rings. The standard InChI is InChI=1S/C19H23NO3/c1-4-11-22-17-9-7-16(8-10-17)20-19(21)13-23-18-12-14(2)5-6-15(18)3/h5-10,12H,4,11,13H2,1-3H3,(H,20,21). The van der Waals surface area contributed by atoms with E-state index in [1.807, 2.05) is 56.3 Å². The summed E-state index contributed by atoms with van der Waals surface area (Å²) in [6.07, 6.45) is 0.966. The molecule has 0 saturated heterocycles. The summed E-state index contributed by atoms with van der Waals surface area (Å²) in [6, 6.07) is 13.3. The maximum atomic E-state index is 12.0. The summed E-state index contributed by atoms with van der Waals surface area (Å²) in [5.41, 5.74) is 2.85. The van der Waals surface area contributed by atoms with Gasteiger partial charge in [-0.1, -0.05) is 19.1 Å². The van der Waals surface area contributed by atoms with E-state index >= 15 is 0 Å². The van der Waals surface area contributed by atoms with Gasteiger partial charge in [0.15, 0.2) is 6.61 Å². The molecular weight excluding hydrogens is 290 g/mol. The van der Waals surface area contributed by atoms with Crippen LogP contribution in [0.5, 0.6) is 11.5 Å². The van der Waals surface area contributed by atoms with Gasteiger partial charge in [0, 0.05) is 5.69 Å². The van der Waals surface area contributed by atoms with Crippen molar-refractivity contribution in [2.45, 2.75) is 27.2 Å². The van der Waals surface area contributed by atoms with Gasteiger partial charge in [-0.05, 0) is 61.7 Å². The van der Waals surface area contributed by atoms with Crippen molar-refractivity contribution in [3.05, 3.63) is 53.6 Å². The first kappa shape index (κ1) is 16.9. The predicted molar refractivity (Wildman–Crippen MR) is 92.3 cm³/mol. The number of anilines is 1. The largest absolute Gasteiger partial charge is 0.494 e. The lowest BCUT2D eigenvalue weighted by Crippen LogP contribution is -2.20. The van der Waals surface area contributed by atoms with E-state index in [1.165, 1.54) is 0 Å². The van der Waals surface area contributed by atoms with E-state index in [9.17, 15) is 4.79 Å². The van der Waals surface area contributed by atoms with Crippen molar-refractivity contribution in [2.75, 3.05) is 18.5 Å². The smallest absolute Gasteiger partial charge is 0.262 e. The number of carbonyl (C=O) groups excluding carboxylic acids is 1. The van der Waals surface area contributed by atoms with Crippen LogP contribution in [0.25, 0.3) is 0 Å². The van der Waals surface area contributed by atoms with Gasteiger partial charge in [0.2, 0.25) is 0 Å². The van der Waals surface area contributed by atoms with Gasteiger partial charge in [0.1, 0.15) is 11.5 Å². The van der Waals surface area contributed by atoms with E-state index in [0.29, 0.717) is 6.61 Å². The molecule has 4 nitrogen and oxygen atoms in total. The summed E-state index contributed by atoms with van der Waals surface area (Å²) >= 11 is 0. The van der Waals surface area contributed by atoms with E-state index in [2.05, 4.69) is 12.2 Å². The highest BCUT2D eigenvalue weighted by Crippen LogP contribution is 2.19. The number of amides is 1. The molecule has 1 N–H and O–H groups in total. The molecule has 0 atom stereocenters. The summed E-state index contributed by atoms with van der Waals surface area (Å²) in [4.78, 5) is 12.0. The average Bonchev–Trinajstić information content (AvgIpc) is 2.55. The third-order valence-corrected chi connectivity index (χ3v) is 3.31. The molecule has 0 bridgehead atoms. The molecule has 1 amide bonds. The van der Waals surface area contributed by atoms with Crippen LogP contribution in [-0.2, 0) is 4.79 Å². The monoisotopic (exact) mass is 313 g/mol. The SMILES string of the molecule is CCCOc1ccc(NC(=O)COc2cc(C)ccc2C)cc1. The molecule has 122 valence electrons. The Morgan fingerprint density at radius 2 is 1.78 bits per heavy atom. The summed E-state index contributed by atoms with van der Waals surface area (Å²) in [6.45, 7) is 6.69. The minimum absolute atomic E-state index is 0.0155. The van der Waals surface area contributed by atoms with Crippen LogP contribution < -0.4 is 14.8 Å². The lowest BCUT2D eigenvalue weighted by atomic mass is 10.1. The molecule has 0 aliphatic heterocycles. The molecule has 23 heavy (non-hydrogen) atoms. The quantitative estimate of drug-likeness (QED) is 0.837. The molecule has 0 heterocycles. The zero-order chi connectivity index (χ0) is 16.7. The van der Waals surface area contributed by atoms with Gasteiger partial charge in [0.25, 0.3) is 5.91 Å². The fraction of sp³-hybridized carbons (Fsp3) is 0.316. The van der Waals surface area contributed by atoms with E-state index in [0.717, 1.165) is 34.7 Å². The Kier molecular flexibility index (Phi) is 6.03. The van der Waals surface area contributed by atoms with Gasteiger partial charge in [-0.2, -0.15) is 0 Å². The normalized spacial score (nSPS) is 10.2. The van der Waals surface area contributed by atoms with E-state index in [-0.39, 0.29) is 12.5 Å². The number of aryl methyl sites for hydroxylation is 2. The highest BCUT2D eigenvalue weighted by Gasteiger charge is 2.06. The van der Waals surface area contributed by atoms with E-state index in [1.54, 1.807) is 0 Å². The third-order valence-electron chi connectivity index (χ3n) is 3.31. The van der Waals surface area contributed by atoms with Gasteiger partial charge in [-0.3, -0.25) is 4.79 Å². The number of nitrogens with one attached hydrogen (secondary N) is 1. The van der Waals surface area contributed by atoms with Crippen molar-refractivity contribution in [3.8, 4) is 11.5 Å². The Morgan fingerprint density at radius 1 is 1.04 bits per heavy atom. The maximum Gasteiger partial charge on any atom is 0.262 e. The number of carbonyl (C=O) groups is 1. The lowest BCUT2D eigenvalue weighted by molar-refractivity contribution is -0.118. The first-order valence-electron chi connectivity index (χ1n) is 7.81. The molecule has 0 fully saturated rings. The molecule has 0 saturated carbocycles. The van der Waals surface area contributed by atoms with Gasteiger partial charge >= 0.3 is 0 Å².